The molecule has 5 heteroatoms. The van der Waals surface area contributed by atoms with Crippen LogP contribution < -0.4 is 5.30 Å². The van der Waals surface area contributed by atoms with Crippen LogP contribution in [-0.2, 0) is 4.57 Å². The van der Waals surface area contributed by atoms with E-state index in [0.717, 1.165) is 16.7 Å². The highest BCUT2D eigenvalue weighted by Crippen LogP contribution is 2.59. The molecule has 138 valence electrons. The van der Waals surface area contributed by atoms with E-state index in [0.29, 0.717) is 22.3 Å². The summed E-state index contributed by atoms with van der Waals surface area (Å²) in [5, 5.41) is 3.81. The molecule has 0 spiro atoms. The fourth-order valence-electron chi connectivity index (χ4n) is 3.54. The zero-order chi connectivity index (χ0) is 19.4. The molecule has 0 unspecified atom stereocenters. The van der Waals surface area contributed by atoms with Crippen LogP contribution in [-0.4, -0.2) is 11.0 Å². The predicted octanol–water partition coefficient (Wildman–Crippen LogP) is 6.10. The van der Waals surface area contributed by atoms with Crippen molar-refractivity contribution in [2.75, 3.05) is 0 Å². The second-order valence-corrected chi connectivity index (χ2v) is 11.2. The van der Waals surface area contributed by atoms with Gasteiger partial charge in [0.05, 0.1) is 0 Å². The van der Waals surface area contributed by atoms with Crippen molar-refractivity contribution in [3.8, 4) is 0 Å². The van der Waals surface area contributed by atoms with E-state index in [-0.39, 0.29) is 11.8 Å². The first-order valence-corrected chi connectivity index (χ1v) is 11.7. The molecule has 1 aromatic carbocycles. The summed E-state index contributed by atoms with van der Waals surface area (Å²) in [6.07, 6.45) is 0. The lowest BCUT2D eigenvalue weighted by atomic mass is 9.89. The van der Waals surface area contributed by atoms with Gasteiger partial charge in [0.2, 0.25) is 18.2 Å². The van der Waals surface area contributed by atoms with E-state index in [4.69, 9.17) is 0 Å². The van der Waals surface area contributed by atoms with Crippen LogP contribution in [0, 0.1) is 0 Å². The normalized spacial score (nSPS) is 16.2. The molecule has 2 heterocycles. The van der Waals surface area contributed by atoms with E-state index in [2.05, 4.69) is 13.8 Å². The second kappa shape index (κ2) is 6.58. The lowest BCUT2D eigenvalue weighted by molar-refractivity contribution is 0.106. The topological polar surface area (TPSA) is 51.2 Å². The Balaban J connectivity index is 2.38. The van der Waals surface area contributed by atoms with Crippen LogP contribution in [0.2, 0.25) is 0 Å². The van der Waals surface area contributed by atoms with Gasteiger partial charge in [-0.25, -0.2) is 0 Å². The molecule has 0 amide bonds. The molecule has 3 rings (SSSR count). The van der Waals surface area contributed by atoms with Crippen LogP contribution in [0.3, 0.4) is 0 Å². The predicted molar refractivity (Wildman–Crippen MR) is 109 cm³/mol. The van der Waals surface area contributed by atoms with E-state index in [9.17, 15) is 14.2 Å². The van der Waals surface area contributed by atoms with Gasteiger partial charge in [0, 0.05) is 27.2 Å². The Hall–Kier alpha value is -1.51. The lowest BCUT2D eigenvalue weighted by Gasteiger charge is -2.25. The van der Waals surface area contributed by atoms with Crippen LogP contribution in [0.5, 0.6) is 0 Å². The molecular formula is C21H25O3PS. The van der Waals surface area contributed by atoms with Crippen molar-refractivity contribution < 1.29 is 14.2 Å². The Labute approximate surface area is 159 Å². The number of hydrogen-bond donors (Lipinski definition) is 0. The van der Waals surface area contributed by atoms with Crippen molar-refractivity contribution in [3.63, 3.8) is 0 Å². The third-order valence-corrected chi connectivity index (χ3v) is 8.63. The van der Waals surface area contributed by atoms with Crippen LogP contribution >= 0.6 is 18.5 Å². The summed E-state index contributed by atoms with van der Waals surface area (Å²) in [5.41, 5.74) is 2.60. The molecule has 0 bridgehead atoms. The maximum absolute atomic E-state index is 14.0. The van der Waals surface area contributed by atoms with Crippen LogP contribution in [0.4, 0.5) is 0 Å². The minimum atomic E-state index is -3.84. The summed E-state index contributed by atoms with van der Waals surface area (Å²) in [6.45, 7) is 12.3. The number of fused-ring (bicyclic) bond motifs is 1. The molecule has 26 heavy (non-hydrogen) atoms. The molecular weight excluding hydrogens is 363 g/mol. The number of benzene rings is 1. The molecule has 0 N–H and O–H groups in total. The molecule has 1 aromatic heterocycles. The summed E-state index contributed by atoms with van der Waals surface area (Å²) in [6, 6.07) is 4.09. The Bertz CT molecular complexity index is 886. The number of carbonyl (C=O) groups is 2. The van der Waals surface area contributed by atoms with E-state index >= 15 is 0 Å². The first-order valence-electron chi connectivity index (χ1n) is 9.05. The Morgan fingerprint density at radius 1 is 0.769 bits per heavy atom. The molecule has 0 fully saturated rings. The lowest BCUT2D eigenvalue weighted by Crippen LogP contribution is -2.24. The van der Waals surface area contributed by atoms with E-state index in [1.165, 1.54) is 11.3 Å². The van der Waals surface area contributed by atoms with Crippen molar-refractivity contribution in [1.29, 1.82) is 0 Å². The van der Waals surface area contributed by atoms with Crippen LogP contribution in [0.1, 0.15) is 96.7 Å². The molecule has 2 aromatic rings. The first-order chi connectivity index (χ1) is 12.1. The molecule has 0 aliphatic carbocycles. The van der Waals surface area contributed by atoms with Gasteiger partial charge < -0.3 is 4.57 Å². The highest BCUT2D eigenvalue weighted by atomic mass is 32.1. The van der Waals surface area contributed by atoms with Crippen LogP contribution in [0.25, 0.3) is 0 Å². The number of hydrogen-bond acceptors (Lipinski definition) is 4. The quantitative estimate of drug-likeness (QED) is 0.595. The Morgan fingerprint density at radius 2 is 1.19 bits per heavy atom. The maximum Gasteiger partial charge on any atom is 0.249 e. The fourth-order valence-corrected chi connectivity index (χ4v) is 7.54. The summed E-state index contributed by atoms with van der Waals surface area (Å²) in [7, 11) is -3.84. The van der Waals surface area contributed by atoms with Gasteiger partial charge in [-0.1, -0.05) is 53.7 Å². The number of thiophene rings is 1. The number of rotatable bonds is 4. The van der Waals surface area contributed by atoms with E-state index in [1.807, 2.05) is 39.8 Å². The molecule has 0 saturated carbocycles. The average molecular weight is 388 g/mol. The highest BCUT2D eigenvalue weighted by Gasteiger charge is 2.53. The largest absolute Gasteiger partial charge is 0.302 e. The van der Waals surface area contributed by atoms with Gasteiger partial charge in [0.25, 0.3) is 0 Å². The Morgan fingerprint density at radius 3 is 1.54 bits per heavy atom. The molecule has 0 atom stereocenters. The van der Waals surface area contributed by atoms with Crippen LogP contribution in [0.15, 0.2) is 22.9 Å². The zero-order valence-electron chi connectivity index (χ0n) is 16.1. The van der Waals surface area contributed by atoms with Gasteiger partial charge in [0.1, 0.15) is 0 Å². The molecule has 0 saturated heterocycles. The SMILES string of the molecule is CC(C)c1cc(C(C)C)c(P2(=O)C(=O)c3cscc3C2=O)c(C(C)C)c1. The van der Waals surface area contributed by atoms with Crippen molar-refractivity contribution in [2.45, 2.75) is 59.3 Å². The summed E-state index contributed by atoms with van der Waals surface area (Å²) in [4.78, 5) is 26.2. The van der Waals surface area contributed by atoms with Crippen molar-refractivity contribution in [2.24, 2.45) is 0 Å². The highest BCUT2D eigenvalue weighted by molar-refractivity contribution is 8.02. The van der Waals surface area contributed by atoms with Gasteiger partial charge in [-0.15, -0.1) is 0 Å². The molecule has 3 nitrogen and oxygen atoms in total. The number of carbonyl (C=O) groups excluding carboxylic acids is 2. The first kappa shape index (κ1) is 19.3. The fraction of sp³-hybridized carbons (Fsp3) is 0.429. The van der Waals surface area contributed by atoms with Gasteiger partial charge >= 0.3 is 0 Å². The summed E-state index contributed by atoms with van der Waals surface area (Å²) in [5.74, 6) is 0.465. The third kappa shape index (κ3) is 2.66. The summed E-state index contributed by atoms with van der Waals surface area (Å²) < 4.78 is 14.0. The molecule has 0 radical (unpaired) electrons. The van der Waals surface area contributed by atoms with Gasteiger partial charge in [-0.05, 0) is 34.4 Å². The minimum absolute atomic E-state index is 0.0744. The van der Waals surface area contributed by atoms with Crippen molar-refractivity contribution in [3.05, 3.63) is 50.7 Å². The molecule has 1 aliphatic heterocycles. The summed E-state index contributed by atoms with van der Waals surface area (Å²) >= 11 is 1.31. The van der Waals surface area contributed by atoms with Gasteiger partial charge in [-0.3, -0.25) is 9.59 Å². The average Bonchev–Trinajstić information content (AvgIpc) is 3.13. The van der Waals surface area contributed by atoms with Gasteiger partial charge in [0.15, 0.2) is 0 Å². The second-order valence-electron chi connectivity index (χ2n) is 7.93. The van der Waals surface area contributed by atoms with E-state index in [1.54, 1.807) is 10.8 Å². The Kier molecular flexibility index (Phi) is 4.87. The molecule has 1 aliphatic rings. The van der Waals surface area contributed by atoms with Crippen molar-refractivity contribution >= 4 is 34.8 Å². The smallest absolute Gasteiger partial charge is 0.249 e. The van der Waals surface area contributed by atoms with Gasteiger partial charge in [-0.2, -0.15) is 11.3 Å². The van der Waals surface area contributed by atoms with E-state index < -0.39 is 18.2 Å². The monoisotopic (exact) mass is 388 g/mol. The maximum atomic E-state index is 14.0. The minimum Gasteiger partial charge on any atom is -0.302 e. The standard InChI is InChI=1S/C21H25O3PS/c1-11(2)14-7-15(12(3)4)19(16(8-14)13(5)6)25(24)20(22)17-9-26-10-18(17)21(25)23/h7-13H,1-6H3. The van der Waals surface area contributed by atoms with Crippen molar-refractivity contribution in [1.82, 2.24) is 0 Å². The third-order valence-electron chi connectivity index (χ3n) is 5.11. The zero-order valence-corrected chi connectivity index (χ0v) is 17.8.